The molecular weight excluding hydrogens is 221 g/mol. The zero-order valence-electron chi connectivity index (χ0n) is 9.71. The zero-order valence-corrected chi connectivity index (χ0v) is 9.71. The van der Waals surface area contributed by atoms with Gasteiger partial charge in [-0.2, -0.15) is 0 Å². The molecule has 0 aromatic heterocycles. The molecule has 1 rings (SSSR count). The number of rotatable bonds is 6. The summed E-state index contributed by atoms with van der Waals surface area (Å²) >= 11 is 0. The Kier molecular flexibility index (Phi) is 6.03. The summed E-state index contributed by atoms with van der Waals surface area (Å²) in [5, 5.41) is 5.26. The minimum absolute atomic E-state index is 0.316. The molecule has 0 aliphatic heterocycles. The van der Waals surface area contributed by atoms with E-state index in [4.69, 9.17) is 5.73 Å². The van der Waals surface area contributed by atoms with Gasteiger partial charge in [0, 0.05) is 12.2 Å². The van der Waals surface area contributed by atoms with E-state index < -0.39 is 0 Å². The molecule has 1 aromatic rings. The summed E-state index contributed by atoms with van der Waals surface area (Å²) < 4.78 is 12.8. The van der Waals surface area contributed by atoms with Crippen molar-refractivity contribution in [2.45, 2.75) is 19.3 Å². The summed E-state index contributed by atoms with van der Waals surface area (Å²) in [4.78, 5) is 11.4. The van der Waals surface area contributed by atoms with Crippen molar-refractivity contribution in [1.29, 1.82) is 0 Å². The lowest BCUT2D eigenvalue weighted by molar-refractivity contribution is 0.252. The smallest absolute Gasteiger partial charge is 0.319 e. The number of hydrogen-bond acceptors (Lipinski definition) is 2. The lowest BCUT2D eigenvalue weighted by Crippen LogP contribution is -2.29. The van der Waals surface area contributed by atoms with Gasteiger partial charge < -0.3 is 16.4 Å². The molecule has 0 saturated carbocycles. The van der Waals surface area contributed by atoms with E-state index in [1.165, 1.54) is 12.1 Å². The topological polar surface area (TPSA) is 67.1 Å². The Balaban J connectivity index is 2.21. The summed E-state index contributed by atoms with van der Waals surface area (Å²) in [6.45, 7) is 1.27. The van der Waals surface area contributed by atoms with Gasteiger partial charge in [0.1, 0.15) is 5.82 Å². The van der Waals surface area contributed by atoms with E-state index in [-0.39, 0.29) is 11.8 Å². The summed E-state index contributed by atoms with van der Waals surface area (Å²) in [7, 11) is 0. The Bertz CT molecular complexity index is 357. The number of hydrogen-bond donors (Lipinski definition) is 3. The molecule has 1 aromatic carbocycles. The van der Waals surface area contributed by atoms with Crippen molar-refractivity contribution in [2.75, 3.05) is 18.4 Å². The number of unbranched alkanes of at least 4 members (excludes halogenated alkanes) is 2. The van der Waals surface area contributed by atoms with E-state index in [1.807, 2.05) is 0 Å². The van der Waals surface area contributed by atoms with E-state index in [0.717, 1.165) is 19.3 Å². The van der Waals surface area contributed by atoms with Gasteiger partial charge in [-0.1, -0.05) is 12.5 Å². The molecule has 0 aliphatic carbocycles. The summed E-state index contributed by atoms with van der Waals surface area (Å²) in [6.07, 6.45) is 2.86. The van der Waals surface area contributed by atoms with Crippen LogP contribution in [0.25, 0.3) is 0 Å². The molecule has 0 atom stereocenters. The van der Waals surface area contributed by atoms with Gasteiger partial charge in [-0.3, -0.25) is 0 Å². The summed E-state index contributed by atoms with van der Waals surface area (Å²) in [5.74, 6) is -0.370. The maximum Gasteiger partial charge on any atom is 0.319 e. The van der Waals surface area contributed by atoms with Crippen LogP contribution in [-0.2, 0) is 0 Å². The first-order chi connectivity index (χ1) is 8.22. The Morgan fingerprint density at radius 2 is 2.12 bits per heavy atom. The molecule has 0 unspecified atom stereocenters. The number of carbonyl (C=O) groups excluding carboxylic acids is 1. The van der Waals surface area contributed by atoms with Gasteiger partial charge in [0.05, 0.1) is 0 Å². The largest absolute Gasteiger partial charge is 0.338 e. The Morgan fingerprint density at radius 1 is 1.29 bits per heavy atom. The highest BCUT2D eigenvalue weighted by Crippen LogP contribution is 2.08. The van der Waals surface area contributed by atoms with Crippen molar-refractivity contribution in [3.63, 3.8) is 0 Å². The van der Waals surface area contributed by atoms with Crippen LogP contribution in [0.1, 0.15) is 19.3 Å². The van der Waals surface area contributed by atoms with Gasteiger partial charge in [0.2, 0.25) is 0 Å². The molecule has 0 spiro atoms. The van der Waals surface area contributed by atoms with Gasteiger partial charge in [0.15, 0.2) is 0 Å². The molecule has 0 radical (unpaired) electrons. The van der Waals surface area contributed by atoms with Crippen molar-refractivity contribution in [3.05, 3.63) is 30.1 Å². The maximum absolute atomic E-state index is 12.8. The molecule has 0 saturated heterocycles. The molecular formula is C12H18FN3O. The molecule has 2 amide bonds. The van der Waals surface area contributed by atoms with Gasteiger partial charge in [-0.25, -0.2) is 9.18 Å². The lowest BCUT2D eigenvalue weighted by atomic mass is 10.2. The molecule has 4 N–H and O–H groups in total. The van der Waals surface area contributed by atoms with Crippen LogP contribution in [0.2, 0.25) is 0 Å². The number of amides is 2. The second kappa shape index (κ2) is 7.62. The number of halogens is 1. The Labute approximate surface area is 100 Å². The molecule has 4 nitrogen and oxygen atoms in total. The summed E-state index contributed by atoms with van der Waals surface area (Å²) in [6, 6.07) is 5.47. The van der Waals surface area contributed by atoms with Crippen LogP contribution < -0.4 is 16.4 Å². The predicted octanol–water partition coefficient (Wildman–Crippen LogP) is 2.08. The summed E-state index contributed by atoms with van der Waals surface area (Å²) in [5.41, 5.74) is 5.80. The monoisotopic (exact) mass is 239 g/mol. The van der Waals surface area contributed by atoms with Crippen molar-refractivity contribution in [3.8, 4) is 0 Å². The zero-order chi connectivity index (χ0) is 12.5. The average Bonchev–Trinajstić information content (AvgIpc) is 2.29. The van der Waals surface area contributed by atoms with E-state index in [9.17, 15) is 9.18 Å². The van der Waals surface area contributed by atoms with Crippen LogP contribution in [0.15, 0.2) is 24.3 Å². The SMILES string of the molecule is NCCCCCNC(=O)Nc1cccc(F)c1. The molecule has 5 heteroatoms. The number of anilines is 1. The average molecular weight is 239 g/mol. The Morgan fingerprint density at radius 3 is 2.82 bits per heavy atom. The van der Waals surface area contributed by atoms with Crippen LogP contribution in [0.3, 0.4) is 0 Å². The van der Waals surface area contributed by atoms with Crippen LogP contribution in [0, 0.1) is 5.82 Å². The van der Waals surface area contributed by atoms with Crippen molar-refractivity contribution in [2.24, 2.45) is 5.73 Å². The lowest BCUT2D eigenvalue weighted by Gasteiger charge is -2.07. The second-order valence-corrected chi connectivity index (χ2v) is 3.74. The van der Waals surface area contributed by atoms with E-state index in [2.05, 4.69) is 10.6 Å². The molecule has 0 fully saturated rings. The minimum atomic E-state index is -0.370. The third kappa shape index (κ3) is 5.87. The molecule has 0 bridgehead atoms. The van der Waals surface area contributed by atoms with Crippen LogP contribution in [0.4, 0.5) is 14.9 Å². The van der Waals surface area contributed by atoms with Gasteiger partial charge >= 0.3 is 6.03 Å². The fourth-order valence-corrected chi connectivity index (χ4v) is 1.39. The van der Waals surface area contributed by atoms with Crippen LogP contribution in [-0.4, -0.2) is 19.1 Å². The van der Waals surface area contributed by atoms with Crippen LogP contribution >= 0.6 is 0 Å². The third-order valence-electron chi connectivity index (χ3n) is 2.25. The highest BCUT2D eigenvalue weighted by Gasteiger charge is 2.01. The predicted molar refractivity (Wildman–Crippen MR) is 66.3 cm³/mol. The molecule has 0 aliphatic rings. The van der Waals surface area contributed by atoms with Crippen molar-refractivity contribution >= 4 is 11.7 Å². The first-order valence-corrected chi connectivity index (χ1v) is 5.73. The highest BCUT2D eigenvalue weighted by molar-refractivity contribution is 5.89. The number of urea groups is 1. The fourth-order valence-electron chi connectivity index (χ4n) is 1.39. The van der Waals surface area contributed by atoms with Crippen molar-refractivity contribution in [1.82, 2.24) is 5.32 Å². The van der Waals surface area contributed by atoms with Crippen molar-refractivity contribution < 1.29 is 9.18 Å². The van der Waals surface area contributed by atoms with E-state index in [0.29, 0.717) is 18.8 Å². The standard InChI is InChI=1S/C12H18FN3O/c13-10-5-4-6-11(9-10)16-12(17)15-8-3-1-2-7-14/h4-6,9H,1-3,7-8,14H2,(H2,15,16,17). The normalized spacial score (nSPS) is 10.0. The number of carbonyl (C=O) groups is 1. The first-order valence-electron chi connectivity index (χ1n) is 5.73. The third-order valence-corrected chi connectivity index (χ3v) is 2.25. The molecule has 17 heavy (non-hydrogen) atoms. The Hall–Kier alpha value is -1.62. The maximum atomic E-state index is 12.8. The first kappa shape index (κ1) is 13.4. The number of nitrogens with one attached hydrogen (secondary N) is 2. The molecule has 0 heterocycles. The number of nitrogens with two attached hydrogens (primary N) is 1. The van der Waals surface area contributed by atoms with Gasteiger partial charge in [0.25, 0.3) is 0 Å². The second-order valence-electron chi connectivity index (χ2n) is 3.74. The van der Waals surface area contributed by atoms with E-state index in [1.54, 1.807) is 12.1 Å². The van der Waals surface area contributed by atoms with Gasteiger partial charge in [-0.05, 0) is 37.6 Å². The molecule has 94 valence electrons. The quantitative estimate of drug-likeness (QED) is 0.665. The fraction of sp³-hybridized carbons (Fsp3) is 0.417. The number of benzene rings is 1. The van der Waals surface area contributed by atoms with E-state index >= 15 is 0 Å². The van der Waals surface area contributed by atoms with Gasteiger partial charge in [-0.15, -0.1) is 0 Å². The highest BCUT2D eigenvalue weighted by atomic mass is 19.1. The van der Waals surface area contributed by atoms with Crippen LogP contribution in [0.5, 0.6) is 0 Å². The minimum Gasteiger partial charge on any atom is -0.338 e.